The zero-order valence-corrected chi connectivity index (χ0v) is 14.2. The van der Waals surface area contributed by atoms with Gasteiger partial charge in [0.05, 0.1) is 10.6 Å². The predicted molar refractivity (Wildman–Crippen MR) is 92.5 cm³/mol. The molecule has 3 N–H and O–H groups in total. The van der Waals surface area contributed by atoms with Crippen molar-refractivity contribution < 1.29 is 8.42 Å². The van der Waals surface area contributed by atoms with E-state index in [2.05, 4.69) is 4.83 Å². The average molecular weight is 376 g/mol. The quantitative estimate of drug-likeness (QED) is 0.634. The number of hydrogen-bond acceptors (Lipinski definition) is 3. The zero-order chi connectivity index (χ0) is 16.3. The molecule has 22 heavy (non-hydrogen) atoms. The Bertz CT molecular complexity index is 778. The summed E-state index contributed by atoms with van der Waals surface area (Å²) in [5, 5.41) is 1.87. The molecule has 0 spiro atoms. The Kier molecular flexibility index (Phi) is 5.25. The number of hydrazine groups is 1. The molecule has 0 unspecified atom stereocenters. The summed E-state index contributed by atoms with van der Waals surface area (Å²) in [7, 11) is -3.86. The van der Waals surface area contributed by atoms with Gasteiger partial charge in [0.2, 0.25) is 0 Å². The van der Waals surface area contributed by atoms with Crippen molar-refractivity contribution in [1.29, 1.82) is 0 Å². The van der Waals surface area contributed by atoms with Crippen LogP contribution in [0.25, 0.3) is 0 Å². The molecular weight excluding hydrogens is 365 g/mol. The molecule has 2 rings (SSSR count). The van der Waals surface area contributed by atoms with Crippen molar-refractivity contribution in [3.63, 3.8) is 0 Å². The lowest BCUT2D eigenvalue weighted by Gasteiger charge is -2.23. The number of sulfonamides is 1. The summed E-state index contributed by atoms with van der Waals surface area (Å²) in [6.45, 7) is 0. The van der Waals surface area contributed by atoms with E-state index in [1.807, 2.05) is 0 Å². The predicted octanol–water partition coefficient (Wildman–Crippen LogP) is 2.94. The molecule has 116 valence electrons. The summed E-state index contributed by atoms with van der Waals surface area (Å²) in [5.74, 6) is 0. The van der Waals surface area contributed by atoms with Gasteiger partial charge in [0.15, 0.2) is 5.11 Å². The van der Waals surface area contributed by atoms with Crippen molar-refractivity contribution in [3.8, 4) is 0 Å². The van der Waals surface area contributed by atoms with Crippen molar-refractivity contribution in [1.82, 2.24) is 4.83 Å². The lowest BCUT2D eigenvalue weighted by Crippen LogP contribution is -2.48. The van der Waals surface area contributed by atoms with Crippen LogP contribution in [0, 0.1) is 0 Å². The van der Waals surface area contributed by atoms with Gasteiger partial charge in [0, 0.05) is 10.0 Å². The van der Waals surface area contributed by atoms with E-state index in [1.54, 1.807) is 24.3 Å². The molecule has 0 aliphatic carbocycles. The van der Waals surface area contributed by atoms with Gasteiger partial charge >= 0.3 is 0 Å². The number of hydrogen-bond donors (Lipinski definition) is 2. The van der Waals surface area contributed by atoms with Crippen molar-refractivity contribution in [3.05, 3.63) is 58.6 Å². The number of halogens is 2. The highest BCUT2D eigenvalue weighted by Gasteiger charge is 2.20. The molecule has 0 amide bonds. The minimum Gasteiger partial charge on any atom is -0.375 e. The summed E-state index contributed by atoms with van der Waals surface area (Å²) >= 11 is 16.4. The van der Waals surface area contributed by atoms with Gasteiger partial charge < -0.3 is 5.73 Å². The van der Waals surface area contributed by atoms with Gasteiger partial charge in [-0.2, -0.15) is 0 Å². The largest absolute Gasteiger partial charge is 0.375 e. The smallest absolute Gasteiger partial charge is 0.257 e. The van der Waals surface area contributed by atoms with Crippen LogP contribution in [0.1, 0.15) is 0 Å². The molecule has 0 aliphatic heterocycles. The molecule has 0 fully saturated rings. The zero-order valence-electron chi connectivity index (χ0n) is 11.0. The van der Waals surface area contributed by atoms with Crippen LogP contribution in [0.4, 0.5) is 5.69 Å². The first-order valence-electron chi connectivity index (χ1n) is 5.93. The Hall–Kier alpha value is -1.38. The summed E-state index contributed by atoms with van der Waals surface area (Å²) in [4.78, 5) is 2.35. The number of rotatable bonds is 4. The highest BCUT2D eigenvalue weighted by molar-refractivity contribution is 7.89. The second-order valence-corrected chi connectivity index (χ2v) is 7.15. The Labute approximate surface area is 143 Å². The van der Waals surface area contributed by atoms with E-state index in [1.165, 1.54) is 24.3 Å². The van der Waals surface area contributed by atoms with E-state index in [0.29, 0.717) is 15.7 Å². The maximum Gasteiger partial charge on any atom is 0.257 e. The van der Waals surface area contributed by atoms with Crippen molar-refractivity contribution in [2.24, 2.45) is 5.73 Å². The topological polar surface area (TPSA) is 75.4 Å². The molecule has 0 saturated carbocycles. The number of thiocarbonyl (C=S) groups is 1. The van der Waals surface area contributed by atoms with Crippen LogP contribution in [0.15, 0.2) is 53.4 Å². The summed E-state index contributed by atoms with van der Waals surface area (Å²) < 4.78 is 24.7. The molecule has 0 aliphatic rings. The Morgan fingerprint density at radius 1 is 1.00 bits per heavy atom. The second-order valence-electron chi connectivity index (χ2n) is 4.20. The van der Waals surface area contributed by atoms with E-state index in [0.717, 1.165) is 5.01 Å². The molecular formula is C13H11Cl2N3O2S2. The van der Waals surface area contributed by atoms with Crippen LogP contribution < -0.4 is 15.6 Å². The molecule has 9 heteroatoms. The van der Waals surface area contributed by atoms with Gasteiger partial charge in [0.1, 0.15) is 0 Å². The van der Waals surface area contributed by atoms with Crippen molar-refractivity contribution in [2.75, 3.05) is 5.01 Å². The van der Waals surface area contributed by atoms with Gasteiger partial charge in [-0.05, 0) is 60.7 Å². The normalized spacial score (nSPS) is 11.2. The first kappa shape index (κ1) is 17.0. The van der Waals surface area contributed by atoms with Gasteiger partial charge in [-0.15, -0.1) is 4.83 Å². The van der Waals surface area contributed by atoms with Gasteiger partial charge in [0.25, 0.3) is 10.0 Å². The second kappa shape index (κ2) is 6.80. The van der Waals surface area contributed by atoms with Crippen molar-refractivity contribution >= 4 is 56.2 Å². The lowest BCUT2D eigenvalue weighted by molar-refractivity contribution is 0.583. The standard InChI is InChI=1S/C13H11Cl2N3O2S2/c14-9-1-5-11(6-2-9)18(13(16)21)17-22(19,20)12-7-3-10(15)4-8-12/h1-8,17H,(H2,16,21). The molecule has 0 bridgehead atoms. The van der Waals surface area contributed by atoms with Crippen LogP contribution >= 0.6 is 35.4 Å². The molecule has 0 radical (unpaired) electrons. The monoisotopic (exact) mass is 375 g/mol. The third kappa shape index (κ3) is 4.08. The van der Waals surface area contributed by atoms with Gasteiger partial charge in [-0.3, -0.25) is 0 Å². The molecule has 0 aromatic heterocycles. The maximum atomic E-state index is 12.4. The number of anilines is 1. The lowest BCUT2D eigenvalue weighted by atomic mass is 10.3. The Balaban J connectivity index is 2.33. The number of benzene rings is 2. The number of nitrogens with one attached hydrogen (secondary N) is 1. The van der Waals surface area contributed by atoms with E-state index in [9.17, 15) is 8.42 Å². The molecule has 2 aromatic carbocycles. The van der Waals surface area contributed by atoms with Crippen LogP contribution in [0.5, 0.6) is 0 Å². The fourth-order valence-electron chi connectivity index (χ4n) is 1.60. The van der Waals surface area contributed by atoms with E-state index in [4.69, 9.17) is 41.2 Å². The highest BCUT2D eigenvalue weighted by Crippen LogP contribution is 2.19. The van der Waals surface area contributed by atoms with Crippen LogP contribution in [-0.2, 0) is 10.0 Å². The third-order valence-corrected chi connectivity index (χ3v) is 4.64. The molecule has 5 nitrogen and oxygen atoms in total. The Morgan fingerprint density at radius 2 is 1.45 bits per heavy atom. The third-order valence-electron chi connectivity index (χ3n) is 2.64. The maximum absolute atomic E-state index is 12.4. The highest BCUT2D eigenvalue weighted by atomic mass is 35.5. The van der Waals surface area contributed by atoms with Gasteiger partial charge in [-0.1, -0.05) is 23.2 Å². The van der Waals surface area contributed by atoms with Crippen molar-refractivity contribution in [2.45, 2.75) is 4.90 Å². The van der Waals surface area contributed by atoms with Gasteiger partial charge in [-0.25, -0.2) is 13.4 Å². The van der Waals surface area contributed by atoms with Crippen LogP contribution in [0.3, 0.4) is 0 Å². The summed E-state index contributed by atoms with van der Waals surface area (Å²) in [6.07, 6.45) is 0. The number of nitrogens with zero attached hydrogens (tertiary/aromatic N) is 1. The molecule has 0 heterocycles. The fraction of sp³-hybridized carbons (Fsp3) is 0. The minimum absolute atomic E-state index is 0.0344. The van der Waals surface area contributed by atoms with E-state index >= 15 is 0 Å². The van der Waals surface area contributed by atoms with E-state index < -0.39 is 10.0 Å². The first-order valence-corrected chi connectivity index (χ1v) is 8.57. The molecule has 0 atom stereocenters. The fourth-order valence-corrected chi connectivity index (χ4v) is 3.11. The summed E-state index contributed by atoms with van der Waals surface area (Å²) in [5.41, 5.74) is 6.03. The van der Waals surface area contributed by atoms with Crippen LogP contribution in [-0.4, -0.2) is 13.5 Å². The minimum atomic E-state index is -3.86. The SMILES string of the molecule is NC(=S)N(NS(=O)(=O)c1ccc(Cl)cc1)c1ccc(Cl)cc1. The average Bonchev–Trinajstić information content (AvgIpc) is 2.46. The summed E-state index contributed by atoms with van der Waals surface area (Å²) in [6, 6.07) is 12.1. The molecule has 0 saturated heterocycles. The number of nitrogens with two attached hydrogens (primary N) is 1. The van der Waals surface area contributed by atoms with Crippen LogP contribution in [0.2, 0.25) is 10.0 Å². The Morgan fingerprint density at radius 3 is 1.91 bits per heavy atom. The van der Waals surface area contributed by atoms with E-state index in [-0.39, 0.29) is 10.0 Å². The molecule has 2 aromatic rings. The first-order chi connectivity index (χ1) is 10.3.